The Balaban J connectivity index is 1.99. The van der Waals surface area contributed by atoms with E-state index in [4.69, 9.17) is 10.00 Å². The zero-order valence-electron chi connectivity index (χ0n) is 16.7. The minimum Gasteiger partial charge on any atom is -0.488 e. The fourth-order valence-electron chi connectivity index (χ4n) is 3.01. The lowest BCUT2D eigenvalue weighted by Crippen LogP contribution is -2.46. The number of fused-ring (bicyclic) bond motifs is 1. The van der Waals surface area contributed by atoms with Crippen LogP contribution in [0, 0.1) is 22.6 Å². The Labute approximate surface area is 174 Å². The number of ether oxygens (including phenoxy) is 1. The van der Waals surface area contributed by atoms with Crippen molar-refractivity contribution >= 4 is 21.6 Å². The summed E-state index contributed by atoms with van der Waals surface area (Å²) in [6.45, 7) is 7.37. The van der Waals surface area contributed by atoms with Crippen LogP contribution < -0.4 is 14.8 Å². The summed E-state index contributed by atoms with van der Waals surface area (Å²) in [5.41, 5.74) is -0.650. The first-order chi connectivity index (χ1) is 14.0. The van der Waals surface area contributed by atoms with Gasteiger partial charge in [-0.3, -0.25) is 4.79 Å². The monoisotopic (exact) mass is 432 g/mol. The van der Waals surface area contributed by atoms with Crippen LogP contribution >= 0.6 is 0 Å². The summed E-state index contributed by atoms with van der Waals surface area (Å²) in [5.74, 6) is -1.45. The second-order valence-corrected chi connectivity index (χ2v) is 9.24. The van der Waals surface area contributed by atoms with Gasteiger partial charge in [0.25, 0.3) is 5.91 Å². The first-order valence-electron chi connectivity index (χ1n) is 8.99. The van der Waals surface area contributed by atoms with Crippen LogP contribution in [0.5, 0.6) is 5.75 Å². The van der Waals surface area contributed by atoms with E-state index in [0.29, 0.717) is 0 Å². The van der Waals surface area contributed by atoms with Gasteiger partial charge in [0.1, 0.15) is 23.4 Å². The van der Waals surface area contributed by atoms with Crippen molar-refractivity contribution in [1.29, 1.82) is 5.26 Å². The molecule has 0 spiro atoms. The van der Waals surface area contributed by atoms with E-state index in [9.17, 15) is 17.6 Å². The van der Waals surface area contributed by atoms with E-state index in [1.54, 1.807) is 12.1 Å². The quantitative estimate of drug-likeness (QED) is 0.721. The van der Waals surface area contributed by atoms with Crippen LogP contribution in [0.1, 0.15) is 29.9 Å². The Morgan fingerprint density at radius 3 is 2.83 bits per heavy atom. The summed E-state index contributed by atoms with van der Waals surface area (Å²) in [6, 6.07) is 4.66. The van der Waals surface area contributed by atoms with Gasteiger partial charge in [0.05, 0.1) is 11.6 Å². The molecule has 158 valence electrons. The van der Waals surface area contributed by atoms with Crippen molar-refractivity contribution in [3.63, 3.8) is 0 Å². The molecule has 0 saturated carbocycles. The van der Waals surface area contributed by atoms with Crippen LogP contribution in [0.15, 0.2) is 41.9 Å². The Hall–Kier alpha value is -3.16. The highest BCUT2D eigenvalue weighted by Crippen LogP contribution is 2.35. The summed E-state index contributed by atoms with van der Waals surface area (Å²) < 4.78 is 49.0. The number of rotatable bonds is 4. The van der Waals surface area contributed by atoms with Crippen LogP contribution in [0.4, 0.5) is 10.1 Å². The molecule has 8 nitrogen and oxygen atoms in total. The topological polar surface area (TPSA) is 113 Å². The van der Waals surface area contributed by atoms with Gasteiger partial charge in [0, 0.05) is 24.3 Å². The molecule has 3 rings (SSSR count). The van der Waals surface area contributed by atoms with Gasteiger partial charge in [-0.15, -0.1) is 6.58 Å². The number of carbonyl (C=O) groups excluding carboxylic acids is 1. The van der Waals surface area contributed by atoms with Gasteiger partial charge >= 0.3 is 0 Å². The van der Waals surface area contributed by atoms with E-state index in [1.807, 2.05) is 13.8 Å². The number of anilines is 1. The number of carbonyl (C=O) groups is 1. The number of nitrogens with one attached hydrogen (secondary N) is 2. The van der Waals surface area contributed by atoms with Gasteiger partial charge in [-0.2, -0.15) is 5.26 Å². The van der Waals surface area contributed by atoms with Crippen molar-refractivity contribution in [2.45, 2.75) is 24.8 Å². The molecule has 0 saturated heterocycles. The van der Waals surface area contributed by atoms with Crippen LogP contribution in [0.3, 0.4) is 0 Å². The summed E-state index contributed by atoms with van der Waals surface area (Å²) in [5, 5.41) is 11.5. The largest absolute Gasteiger partial charge is 0.488 e. The number of amides is 1. The highest BCUT2D eigenvalue weighted by Gasteiger charge is 2.39. The number of sulfonamides is 1. The summed E-state index contributed by atoms with van der Waals surface area (Å²) >= 11 is 0. The smallest absolute Gasteiger partial charge is 0.276 e. The molecule has 2 N–H and O–H groups in total. The maximum atomic E-state index is 13.5. The molecular weight excluding hydrogens is 411 g/mol. The minimum atomic E-state index is -3.96. The number of nitrogens with zero attached hydrogens (tertiary/aromatic N) is 2. The van der Waals surface area contributed by atoms with Crippen molar-refractivity contribution in [2.75, 3.05) is 11.9 Å². The van der Waals surface area contributed by atoms with Crippen LogP contribution in [-0.4, -0.2) is 31.5 Å². The van der Waals surface area contributed by atoms with Gasteiger partial charge in [-0.1, -0.05) is 19.9 Å². The van der Waals surface area contributed by atoms with Gasteiger partial charge in [-0.05, 0) is 18.2 Å². The maximum absolute atomic E-state index is 13.5. The van der Waals surface area contributed by atoms with Crippen molar-refractivity contribution in [3.8, 4) is 11.8 Å². The first kappa shape index (κ1) is 21.5. The number of hydrogen-bond donors (Lipinski definition) is 2. The average molecular weight is 432 g/mol. The second kappa shape index (κ2) is 7.59. The minimum absolute atomic E-state index is 0.00925. The molecule has 2 heterocycles. The SMILES string of the molecule is C=CC(C)(C)[C@H]1COc2c(cn(C)c2C(=O)Nc2ccc(F)c(C#N)c2)S(=O)(=O)N1. The lowest BCUT2D eigenvalue weighted by atomic mass is 9.86. The lowest BCUT2D eigenvalue weighted by molar-refractivity contribution is 0.101. The average Bonchev–Trinajstić information content (AvgIpc) is 2.97. The molecule has 1 aromatic heterocycles. The second-order valence-electron chi connectivity index (χ2n) is 7.55. The third kappa shape index (κ3) is 3.81. The van der Waals surface area contributed by atoms with E-state index in [-0.39, 0.29) is 34.2 Å². The molecule has 30 heavy (non-hydrogen) atoms. The molecule has 1 aromatic carbocycles. The van der Waals surface area contributed by atoms with Crippen LogP contribution in [-0.2, 0) is 17.1 Å². The van der Waals surface area contributed by atoms with Gasteiger partial charge in [0.15, 0.2) is 11.4 Å². The Morgan fingerprint density at radius 2 is 2.20 bits per heavy atom. The molecule has 0 bridgehead atoms. The Kier molecular flexibility index (Phi) is 5.45. The fraction of sp³-hybridized carbons (Fsp3) is 0.300. The number of aromatic nitrogens is 1. The number of hydrogen-bond acceptors (Lipinski definition) is 5. The number of aryl methyl sites for hydroxylation is 1. The fourth-order valence-corrected chi connectivity index (χ4v) is 4.58. The van der Waals surface area contributed by atoms with Crippen molar-refractivity contribution < 1.29 is 22.3 Å². The maximum Gasteiger partial charge on any atom is 0.276 e. The summed E-state index contributed by atoms with van der Waals surface area (Å²) in [6.07, 6.45) is 2.93. The molecule has 1 atom stereocenters. The molecule has 10 heteroatoms. The number of nitriles is 1. The predicted octanol–water partition coefficient (Wildman–Crippen LogP) is 2.54. The number of halogens is 1. The lowest BCUT2D eigenvalue weighted by Gasteiger charge is -2.30. The van der Waals surface area contributed by atoms with Gasteiger partial charge in [0.2, 0.25) is 10.0 Å². The zero-order chi connectivity index (χ0) is 22.3. The first-order valence-corrected chi connectivity index (χ1v) is 10.5. The van der Waals surface area contributed by atoms with Crippen molar-refractivity contribution in [3.05, 3.63) is 54.1 Å². The van der Waals surface area contributed by atoms with E-state index in [2.05, 4.69) is 16.6 Å². The van der Waals surface area contributed by atoms with E-state index < -0.39 is 33.2 Å². The standard InChI is InChI=1S/C20H21FN4O4S/c1-5-20(2,3)16-11-29-18-15(30(27,28)24-16)10-25(4)17(18)19(26)23-13-6-7-14(21)12(8-13)9-22/h5-8,10,16,24H,1,11H2,2-4H3,(H,23,26)/t16-/m1/s1. The Morgan fingerprint density at radius 1 is 1.50 bits per heavy atom. The molecular formula is C20H21FN4O4S. The van der Waals surface area contributed by atoms with E-state index >= 15 is 0 Å². The highest BCUT2D eigenvalue weighted by atomic mass is 32.2. The van der Waals surface area contributed by atoms with E-state index in [0.717, 1.165) is 6.07 Å². The third-order valence-electron chi connectivity index (χ3n) is 5.07. The van der Waals surface area contributed by atoms with Gasteiger partial charge in [-0.25, -0.2) is 17.5 Å². The summed E-state index contributed by atoms with van der Waals surface area (Å²) in [4.78, 5) is 12.7. The van der Waals surface area contributed by atoms with Crippen molar-refractivity contribution in [1.82, 2.24) is 9.29 Å². The predicted molar refractivity (Wildman–Crippen MR) is 108 cm³/mol. The molecule has 0 radical (unpaired) electrons. The van der Waals surface area contributed by atoms with Crippen LogP contribution in [0.2, 0.25) is 0 Å². The molecule has 0 unspecified atom stereocenters. The molecule has 1 amide bonds. The van der Waals surface area contributed by atoms with E-state index in [1.165, 1.54) is 29.9 Å². The normalized spacial score (nSPS) is 17.8. The van der Waals surface area contributed by atoms with Crippen LogP contribution in [0.25, 0.3) is 0 Å². The molecule has 1 aliphatic rings. The highest BCUT2D eigenvalue weighted by molar-refractivity contribution is 7.89. The molecule has 0 fully saturated rings. The van der Waals surface area contributed by atoms with Crippen molar-refractivity contribution in [2.24, 2.45) is 12.5 Å². The third-order valence-corrected chi connectivity index (χ3v) is 6.53. The Bertz CT molecular complexity index is 1180. The molecule has 2 aromatic rings. The van der Waals surface area contributed by atoms with Gasteiger partial charge < -0.3 is 14.6 Å². The summed E-state index contributed by atoms with van der Waals surface area (Å²) in [7, 11) is -2.45. The number of benzene rings is 1. The molecule has 1 aliphatic heterocycles. The molecule has 0 aliphatic carbocycles. The zero-order valence-corrected chi connectivity index (χ0v) is 17.5.